The van der Waals surface area contributed by atoms with E-state index in [1.54, 1.807) is 0 Å². The summed E-state index contributed by atoms with van der Waals surface area (Å²) < 4.78 is 0. The van der Waals surface area contributed by atoms with E-state index in [-0.39, 0.29) is 18.5 Å². The number of para-hydroxylation sites is 2. The Hall–Kier alpha value is -2.02. The number of amides is 1. The van der Waals surface area contributed by atoms with Crippen molar-refractivity contribution in [3.8, 4) is 6.07 Å². The Morgan fingerprint density at radius 1 is 1.56 bits per heavy atom. The molecule has 0 bridgehead atoms. The van der Waals surface area contributed by atoms with Gasteiger partial charge in [0.2, 0.25) is 5.91 Å². The van der Waals surface area contributed by atoms with Crippen molar-refractivity contribution in [1.29, 1.82) is 5.26 Å². The van der Waals surface area contributed by atoms with E-state index < -0.39 is 0 Å². The molecule has 82 valence electrons. The number of nitrogens with zero attached hydrogens (tertiary/aromatic N) is 2. The van der Waals surface area contributed by atoms with Crippen LogP contribution in [0.1, 0.15) is 13.3 Å². The van der Waals surface area contributed by atoms with Crippen LogP contribution in [-0.4, -0.2) is 18.5 Å². The van der Waals surface area contributed by atoms with Crippen molar-refractivity contribution >= 4 is 17.3 Å². The molecule has 0 fully saturated rings. The molecule has 16 heavy (non-hydrogen) atoms. The topological polar surface area (TPSA) is 56.1 Å². The van der Waals surface area contributed by atoms with Crippen molar-refractivity contribution in [2.45, 2.75) is 19.4 Å². The molecule has 0 saturated carbocycles. The predicted molar refractivity (Wildman–Crippen MR) is 62.1 cm³/mol. The molecule has 1 N–H and O–H groups in total. The molecule has 1 aliphatic rings. The van der Waals surface area contributed by atoms with Crippen molar-refractivity contribution < 1.29 is 4.79 Å². The summed E-state index contributed by atoms with van der Waals surface area (Å²) in [5, 5.41) is 11.9. The first-order valence-electron chi connectivity index (χ1n) is 5.31. The summed E-state index contributed by atoms with van der Waals surface area (Å²) in [5.74, 6) is -0.0626. The third-order valence-electron chi connectivity index (χ3n) is 2.71. The Labute approximate surface area is 94.5 Å². The van der Waals surface area contributed by atoms with Gasteiger partial charge < -0.3 is 10.2 Å². The summed E-state index contributed by atoms with van der Waals surface area (Å²) in [6.07, 6.45) is 0.706. The highest BCUT2D eigenvalue weighted by molar-refractivity contribution is 6.01. The van der Waals surface area contributed by atoms with Gasteiger partial charge in [-0.15, -0.1) is 0 Å². The van der Waals surface area contributed by atoms with Gasteiger partial charge in [0.1, 0.15) is 6.04 Å². The van der Waals surface area contributed by atoms with Crippen LogP contribution >= 0.6 is 0 Å². The van der Waals surface area contributed by atoms with Crippen molar-refractivity contribution in [3.63, 3.8) is 0 Å². The van der Waals surface area contributed by atoms with Crippen LogP contribution in [0.3, 0.4) is 0 Å². The summed E-state index contributed by atoms with van der Waals surface area (Å²) in [6, 6.07) is 9.54. The van der Waals surface area contributed by atoms with E-state index >= 15 is 0 Å². The predicted octanol–water partition coefficient (Wildman–Crippen LogP) is 1.75. The minimum absolute atomic E-state index is 0.0626. The lowest BCUT2D eigenvalue weighted by Gasteiger charge is -2.33. The number of hydrogen-bond acceptors (Lipinski definition) is 3. The SMILES string of the molecule is CCC(C#N)N1CC(=O)Nc2ccccc21. The summed E-state index contributed by atoms with van der Waals surface area (Å²) in [6.45, 7) is 2.20. The number of anilines is 2. The third kappa shape index (κ3) is 1.72. The van der Waals surface area contributed by atoms with Gasteiger partial charge in [0.15, 0.2) is 0 Å². The van der Waals surface area contributed by atoms with Gasteiger partial charge >= 0.3 is 0 Å². The number of fused-ring (bicyclic) bond motifs is 1. The lowest BCUT2D eigenvalue weighted by atomic mass is 10.1. The fourth-order valence-corrected chi connectivity index (χ4v) is 1.92. The quantitative estimate of drug-likeness (QED) is 0.817. The zero-order chi connectivity index (χ0) is 11.5. The van der Waals surface area contributed by atoms with E-state index in [1.807, 2.05) is 36.1 Å². The molecule has 1 unspecified atom stereocenters. The van der Waals surface area contributed by atoms with E-state index in [0.29, 0.717) is 6.42 Å². The summed E-state index contributed by atoms with van der Waals surface area (Å²) in [7, 11) is 0. The second-order valence-corrected chi connectivity index (χ2v) is 3.75. The molecule has 1 atom stereocenters. The Bertz CT molecular complexity index is 450. The van der Waals surface area contributed by atoms with Crippen LogP contribution in [0.4, 0.5) is 11.4 Å². The van der Waals surface area contributed by atoms with Gasteiger partial charge in [-0.3, -0.25) is 4.79 Å². The van der Waals surface area contributed by atoms with Crippen molar-refractivity contribution in [3.05, 3.63) is 24.3 Å². The van der Waals surface area contributed by atoms with Gasteiger partial charge in [0.05, 0.1) is 24.0 Å². The van der Waals surface area contributed by atoms with Crippen LogP contribution < -0.4 is 10.2 Å². The number of nitrogens with one attached hydrogen (secondary N) is 1. The maximum absolute atomic E-state index is 11.5. The summed E-state index contributed by atoms with van der Waals surface area (Å²) in [4.78, 5) is 13.4. The average molecular weight is 215 g/mol. The fraction of sp³-hybridized carbons (Fsp3) is 0.333. The molecule has 1 heterocycles. The average Bonchev–Trinajstić information content (AvgIpc) is 2.30. The van der Waals surface area contributed by atoms with Crippen LogP contribution in [0.5, 0.6) is 0 Å². The smallest absolute Gasteiger partial charge is 0.244 e. The Morgan fingerprint density at radius 2 is 2.31 bits per heavy atom. The van der Waals surface area contributed by atoms with Gasteiger partial charge in [-0.05, 0) is 18.6 Å². The normalized spacial score (nSPS) is 16.0. The molecule has 0 aromatic heterocycles. The van der Waals surface area contributed by atoms with E-state index in [2.05, 4.69) is 11.4 Å². The van der Waals surface area contributed by atoms with Crippen molar-refractivity contribution in [1.82, 2.24) is 0 Å². The molecule has 1 amide bonds. The van der Waals surface area contributed by atoms with E-state index in [4.69, 9.17) is 5.26 Å². The lowest BCUT2D eigenvalue weighted by molar-refractivity contribution is -0.115. The standard InChI is InChI=1S/C12H13N3O/c1-2-9(7-13)15-8-12(16)14-10-5-3-4-6-11(10)15/h3-6,9H,2,8H2,1H3,(H,14,16). The zero-order valence-corrected chi connectivity index (χ0v) is 9.10. The number of nitriles is 1. The van der Waals surface area contributed by atoms with Crippen LogP contribution in [0.2, 0.25) is 0 Å². The monoisotopic (exact) mass is 215 g/mol. The molecular formula is C12H13N3O. The van der Waals surface area contributed by atoms with Gasteiger partial charge in [-0.2, -0.15) is 5.26 Å². The molecule has 0 radical (unpaired) electrons. The largest absolute Gasteiger partial charge is 0.345 e. The molecule has 0 spiro atoms. The number of hydrogen-bond donors (Lipinski definition) is 1. The Morgan fingerprint density at radius 3 is 3.00 bits per heavy atom. The van der Waals surface area contributed by atoms with Gasteiger partial charge in [-0.25, -0.2) is 0 Å². The lowest BCUT2D eigenvalue weighted by Crippen LogP contribution is -2.43. The minimum atomic E-state index is -0.243. The van der Waals surface area contributed by atoms with Crippen LogP contribution in [0.25, 0.3) is 0 Å². The first kappa shape index (κ1) is 10.5. The van der Waals surface area contributed by atoms with E-state index in [1.165, 1.54) is 0 Å². The van der Waals surface area contributed by atoms with Gasteiger partial charge in [0, 0.05) is 0 Å². The summed E-state index contributed by atoms with van der Waals surface area (Å²) in [5.41, 5.74) is 1.71. The molecule has 4 nitrogen and oxygen atoms in total. The highest BCUT2D eigenvalue weighted by Crippen LogP contribution is 2.30. The molecule has 1 aromatic rings. The first-order valence-corrected chi connectivity index (χ1v) is 5.31. The Balaban J connectivity index is 2.41. The number of carbonyl (C=O) groups excluding carboxylic acids is 1. The third-order valence-corrected chi connectivity index (χ3v) is 2.71. The van der Waals surface area contributed by atoms with Crippen LogP contribution in [0, 0.1) is 11.3 Å². The highest BCUT2D eigenvalue weighted by atomic mass is 16.2. The number of rotatable bonds is 2. The molecule has 2 rings (SSSR count). The van der Waals surface area contributed by atoms with Crippen LogP contribution in [-0.2, 0) is 4.79 Å². The molecule has 1 aromatic carbocycles. The number of carbonyl (C=O) groups is 1. The highest BCUT2D eigenvalue weighted by Gasteiger charge is 2.26. The molecule has 0 aliphatic carbocycles. The molecule has 4 heteroatoms. The molecule has 0 saturated heterocycles. The van der Waals surface area contributed by atoms with Gasteiger partial charge in [0.25, 0.3) is 0 Å². The maximum Gasteiger partial charge on any atom is 0.244 e. The maximum atomic E-state index is 11.5. The molecular weight excluding hydrogens is 202 g/mol. The zero-order valence-electron chi connectivity index (χ0n) is 9.10. The fourth-order valence-electron chi connectivity index (χ4n) is 1.92. The van der Waals surface area contributed by atoms with Crippen molar-refractivity contribution in [2.24, 2.45) is 0 Å². The second-order valence-electron chi connectivity index (χ2n) is 3.75. The van der Waals surface area contributed by atoms with Crippen molar-refractivity contribution in [2.75, 3.05) is 16.8 Å². The number of benzene rings is 1. The minimum Gasteiger partial charge on any atom is -0.345 e. The second kappa shape index (κ2) is 4.23. The Kier molecular flexibility index (Phi) is 2.78. The van der Waals surface area contributed by atoms with Gasteiger partial charge in [-0.1, -0.05) is 19.1 Å². The molecule has 1 aliphatic heterocycles. The summed E-state index contributed by atoms with van der Waals surface area (Å²) >= 11 is 0. The van der Waals surface area contributed by atoms with E-state index in [9.17, 15) is 4.79 Å². The first-order chi connectivity index (χ1) is 7.76. The van der Waals surface area contributed by atoms with E-state index in [0.717, 1.165) is 11.4 Å². The van der Waals surface area contributed by atoms with Crippen LogP contribution in [0.15, 0.2) is 24.3 Å².